The molecule has 0 unspecified atom stereocenters. The third-order valence-corrected chi connectivity index (χ3v) is 4.62. The van der Waals surface area contributed by atoms with Gasteiger partial charge in [-0.05, 0) is 25.5 Å². The Morgan fingerprint density at radius 1 is 1.38 bits per heavy atom. The summed E-state index contributed by atoms with van der Waals surface area (Å²) in [6.07, 6.45) is 0.873. The Labute approximate surface area is 126 Å². The summed E-state index contributed by atoms with van der Waals surface area (Å²) in [6, 6.07) is 4.23. The van der Waals surface area contributed by atoms with Gasteiger partial charge in [-0.25, -0.2) is 13.8 Å². The molecule has 1 aliphatic heterocycles. The molecule has 1 aromatic heterocycles. The number of rotatable bonds is 4. The maximum absolute atomic E-state index is 13.8. The Hall–Kier alpha value is -1.53. The Kier molecular flexibility index (Phi) is 4.17. The second-order valence-electron chi connectivity index (χ2n) is 5.27. The van der Waals surface area contributed by atoms with Crippen molar-refractivity contribution < 1.29 is 8.78 Å². The lowest BCUT2D eigenvalue weighted by molar-refractivity contribution is 0.545. The number of benzene rings is 1. The number of halogens is 2. The molecule has 21 heavy (non-hydrogen) atoms. The lowest BCUT2D eigenvalue weighted by Gasteiger charge is -2.20. The van der Waals surface area contributed by atoms with Gasteiger partial charge in [0.1, 0.15) is 22.3 Å². The van der Waals surface area contributed by atoms with Gasteiger partial charge in [0, 0.05) is 36.8 Å². The van der Waals surface area contributed by atoms with Crippen molar-refractivity contribution in [3.8, 4) is 0 Å². The van der Waals surface area contributed by atoms with Crippen molar-refractivity contribution in [2.75, 3.05) is 18.0 Å². The van der Waals surface area contributed by atoms with E-state index in [0.29, 0.717) is 19.6 Å². The Morgan fingerprint density at radius 3 is 2.81 bits per heavy atom. The average molecular weight is 309 g/mol. The van der Waals surface area contributed by atoms with Crippen LogP contribution in [0, 0.1) is 18.6 Å². The van der Waals surface area contributed by atoms with E-state index in [1.165, 1.54) is 18.2 Å². The van der Waals surface area contributed by atoms with Crippen LogP contribution in [0.1, 0.15) is 17.1 Å². The molecule has 3 nitrogen and oxygen atoms in total. The first kappa shape index (κ1) is 14.4. The zero-order valence-corrected chi connectivity index (χ0v) is 12.6. The molecule has 1 fully saturated rings. The first-order chi connectivity index (χ1) is 10.1. The molecule has 0 amide bonds. The lowest BCUT2D eigenvalue weighted by Crippen LogP contribution is -2.32. The van der Waals surface area contributed by atoms with Crippen molar-refractivity contribution in [3.05, 3.63) is 45.9 Å². The molecule has 1 saturated heterocycles. The zero-order valence-electron chi connectivity index (χ0n) is 11.8. The van der Waals surface area contributed by atoms with Gasteiger partial charge >= 0.3 is 0 Å². The smallest absolute Gasteiger partial charge is 0.149 e. The molecule has 112 valence electrons. The van der Waals surface area contributed by atoms with E-state index in [1.54, 1.807) is 16.2 Å². The number of anilines is 1. The molecule has 1 N–H and O–H groups in total. The van der Waals surface area contributed by atoms with Crippen molar-refractivity contribution in [2.45, 2.75) is 25.9 Å². The molecule has 0 aliphatic carbocycles. The topological polar surface area (TPSA) is 28.2 Å². The van der Waals surface area contributed by atoms with Crippen LogP contribution >= 0.6 is 11.3 Å². The van der Waals surface area contributed by atoms with Crippen molar-refractivity contribution in [1.29, 1.82) is 0 Å². The SMILES string of the molecule is Cc1csc(CN[C@H]2CCN(c3c(F)cccc3F)C2)n1. The monoisotopic (exact) mass is 309 g/mol. The van der Waals surface area contributed by atoms with Crippen LogP contribution in [-0.2, 0) is 6.54 Å². The van der Waals surface area contributed by atoms with Crippen LogP contribution in [0.3, 0.4) is 0 Å². The molecule has 3 rings (SSSR count). The van der Waals surface area contributed by atoms with Crippen LogP contribution in [0.4, 0.5) is 14.5 Å². The first-order valence-electron chi connectivity index (χ1n) is 6.97. The third kappa shape index (κ3) is 3.22. The minimum atomic E-state index is -0.494. The van der Waals surface area contributed by atoms with E-state index in [0.717, 1.165) is 17.1 Å². The summed E-state index contributed by atoms with van der Waals surface area (Å²) in [4.78, 5) is 6.17. The number of hydrogen-bond acceptors (Lipinski definition) is 4. The minimum absolute atomic E-state index is 0.0897. The van der Waals surface area contributed by atoms with E-state index in [4.69, 9.17) is 0 Å². The molecule has 2 aromatic rings. The predicted molar refractivity (Wildman–Crippen MR) is 80.7 cm³/mol. The van der Waals surface area contributed by atoms with Gasteiger partial charge in [0.05, 0.1) is 0 Å². The van der Waals surface area contributed by atoms with Crippen LogP contribution in [0.5, 0.6) is 0 Å². The summed E-state index contributed by atoms with van der Waals surface area (Å²) in [5.41, 5.74) is 1.12. The van der Waals surface area contributed by atoms with E-state index in [2.05, 4.69) is 10.3 Å². The van der Waals surface area contributed by atoms with E-state index in [9.17, 15) is 8.78 Å². The van der Waals surface area contributed by atoms with Crippen LogP contribution in [0.2, 0.25) is 0 Å². The Morgan fingerprint density at radius 2 is 2.14 bits per heavy atom. The van der Waals surface area contributed by atoms with Gasteiger partial charge in [0.25, 0.3) is 0 Å². The van der Waals surface area contributed by atoms with Crippen molar-refractivity contribution in [3.63, 3.8) is 0 Å². The average Bonchev–Trinajstić information content (AvgIpc) is 3.06. The van der Waals surface area contributed by atoms with E-state index >= 15 is 0 Å². The molecule has 0 spiro atoms. The summed E-state index contributed by atoms with van der Waals surface area (Å²) in [7, 11) is 0. The van der Waals surface area contributed by atoms with Gasteiger partial charge in [-0.15, -0.1) is 11.3 Å². The Bertz CT molecular complexity index is 609. The fourth-order valence-electron chi connectivity index (χ4n) is 2.64. The second-order valence-corrected chi connectivity index (χ2v) is 6.21. The maximum atomic E-state index is 13.8. The number of thiazole rings is 1. The van der Waals surface area contributed by atoms with E-state index in [1.807, 2.05) is 12.3 Å². The molecule has 1 atom stereocenters. The molecule has 1 aliphatic rings. The number of aryl methyl sites for hydroxylation is 1. The number of nitrogens with one attached hydrogen (secondary N) is 1. The van der Waals surface area contributed by atoms with E-state index < -0.39 is 11.6 Å². The summed E-state index contributed by atoms with van der Waals surface area (Å²) >= 11 is 1.63. The van der Waals surface area contributed by atoms with Crippen molar-refractivity contribution >= 4 is 17.0 Å². The third-order valence-electron chi connectivity index (χ3n) is 3.65. The van der Waals surface area contributed by atoms with Crippen LogP contribution < -0.4 is 10.2 Å². The Balaban J connectivity index is 1.60. The number of aromatic nitrogens is 1. The summed E-state index contributed by atoms with van der Waals surface area (Å²) < 4.78 is 27.5. The van der Waals surface area contributed by atoms with Gasteiger partial charge in [0.2, 0.25) is 0 Å². The molecule has 2 heterocycles. The molecule has 0 radical (unpaired) electrons. The van der Waals surface area contributed by atoms with Gasteiger partial charge in [0.15, 0.2) is 0 Å². The van der Waals surface area contributed by atoms with Gasteiger partial charge in [-0.2, -0.15) is 0 Å². The lowest BCUT2D eigenvalue weighted by atomic mass is 10.2. The highest BCUT2D eigenvalue weighted by molar-refractivity contribution is 7.09. The second kappa shape index (κ2) is 6.07. The summed E-state index contributed by atoms with van der Waals surface area (Å²) in [6.45, 7) is 3.95. The largest absolute Gasteiger partial charge is 0.365 e. The fraction of sp³-hybridized carbons (Fsp3) is 0.400. The molecule has 0 saturated carbocycles. The number of nitrogens with zero attached hydrogens (tertiary/aromatic N) is 2. The number of hydrogen-bond donors (Lipinski definition) is 1. The summed E-state index contributed by atoms with van der Waals surface area (Å²) in [5, 5.41) is 6.48. The van der Waals surface area contributed by atoms with E-state index in [-0.39, 0.29) is 11.7 Å². The van der Waals surface area contributed by atoms with Crippen LogP contribution in [-0.4, -0.2) is 24.1 Å². The fourth-order valence-corrected chi connectivity index (χ4v) is 3.36. The van der Waals surface area contributed by atoms with Crippen molar-refractivity contribution in [2.24, 2.45) is 0 Å². The van der Waals surface area contributed by atoms with Crippen molar-refractivity contribution in [1.82, 2.24) is 10.3 Å². The molecule has 0 bridgehead atoms. The molecular formula is C15H17F2N3S. The predicted octanol–water partition coefficient (Wildman–Crippen LogP) is 3.10. The van der Waals surface area contributed by atoms with Gasteiger partial charge in [-0.3, -0.25) is 0 Å². The first-order valence-corrected chi connectivity index (χ1v) is 7.85. The highest BCUT2D eigenvalue weighted by Crippen LogP contribution is 2.26. The maximum Gasteiger partial charge on any atom is 0.149 e. The number of para-hydroxylation sites is 1. The van der Waals surface area contributed by atoms with Gasteiger partial charge < -0.3 is 10.2 Å². The highest BCUT2D eigenvalue weighted by atomic mass is 32.1. The standard InChI is InChI=1S/C15H17F2N3S/c1-10-9-21-14(19-10)7-18-11-5-6-20(8-11)15-12(16)3-2-4-13(15)17/h2-4,9,11,18H,5-8H2,1H3/t11-/m0/s1. The normalized spacial score (nSPS) is 18.4. The van der Waals surface area contributed by atoms with Crippen LogP contribution in [0.15, 0.2) is 23.6 Å². The molecule has 6 heteroatoms. The minimum Gasteiger partial charge on any atom is -0.365 e. The van der Waals surface area contributed by atoms with Gasteiger partial charge in [-0.1, -0.05) is 6.07 Å². The van der Waals surface area contributed by atoms with Crippen LogP contribution in [0.25, 0.3) is 0 Å². The zero-order chi connectivity index (χ0) is 14.8. The molecular weight excluding hydrogens is 292 g/mol. The molecule has 1 aromatic carbocycles. The highest BCUT2D eigenvalue weighted by Gasteiger charge is 2.26. The quantitative estimate of drug-likeness (QED) is 0.940. The summed E-state index contributed by atoms with van der Waals surface area (Å²) in [5.74, 6) is -0.989.